The topological polar surface area (TPSA) is 67.6 Å². The minimum absolute atomic E-state index is 0.0780. The summed E-state index contributed by atoms with van der Waals surface area (Å²) in [6, 6.07) is 5.38. The molecular weight excluding hydrogens is 270 g/mol. The van der Waals surface area contributed by atoms with Crippen LogP contribution in [0.1, 0.15) is 26.2 Å². The third kappa shape index (κ3) is 3.85. The highest BCUT2D eigenvalue weighted by atomic mass is 16.6. The van der Waals surface area contributed by atoms with Crippen molar-refractivity contribution >= 4 is 11.4 Å². The number of non-ortho nitro benzene ring substituents is 1. The molecule has 1 aliphatic rings. The van der Waals surface area contributed by atoms with Gasteiger partial charge in [0.25, 0.3) is 5.69 Å². The van der Waals surface area contributed by atoms with Crippen molar-refractivity contribution < 1.29 is 9.66 Å². The smallest absolute Gasteiger partial charge is 0.275 e. The molecule has 0 spiro atoms. The molecule has 21 heavy (non-hydrogen) atoms. The first-order valence-electron chi connectivity index (χ1n) is 7.46. The van der Waals surface area contributed by atoms with Gasteiger partial charge in [0.2, 0.25) is 0 Å². The predicted octanol–water partition coefficient (Wildman–Crippen LogP) is 2.57. The first-order valence-corrected chi connectivity index (χ1v) is 7.46. The molecule has 1 unspecified atom stereocenters. The average Bonchev–Trinajstić information content (AvgIpc) is 2.52. The maximum atomic E-state index is 11.1. The van der Waals surface area contributed by atoms with Gasteiger partial charge < -0.3 is 15.0 Å². The van der Waals surface area contributed by atoms with Gasteiger partial charge >= 0.3 is 0 Å². The molecule has 1 aromatic carbocycles. The normalized spacial score (nSPS) is 18.3. The maximum absolute atomic E-state index is 11.1. The summed E-state index contributed by atoms with van der Waals surface area (Å²) in [5.74, 6) is 0.532. The Morgan fingerprint density at radius 3 is 2.86 bits per heavy atom. The largest absolute Gasteiger partial charge is 0.496 e. The van der Waals surface area contributed by atoms with Gasteiger partial charge in [0, 0.05) is 37.0 Å². The molecule has 1 aliphatic heterocycles. The summed E-state index contributed by atoms with van der Waals surface area (Å²) in [6.45, 7) is 4.98. The molecule has 0 aromatic heterocycles. The highest BCUT2D eigenvalue weighted by Gasteiger charge is 2.23. The minimum Gasteiger partial charge on any atom is -0.496 e. The molecule has 116 valence electrons. The zero-order chi connectivity index (χ0) is 15.2. The summed E-state index contributed by atoms with van der Waals surface area (Å²) < 4.78 is 5.21. The highest BCUT2D eigenvalue weighted by molar-refractivity contribution is 5.58. The van der Waals surface area contributed by atoms with Crippen LogP contribution < -0.4 is 15.0 Å². The second kappa shape index (κ2) is 7.26. The lowest BCUT2D eigenvalue weighted by Crippen LogP contribution is -2.46. The fourth-order valence-corrected chi connectivity index (χ4v) is 2.82. The number of nitrogens with zero attached hydrogens (tertiary/aromatic N) is 2. The van der Waals surface area contributed by atoms with Crippen molar-refractivity contribution in [2.45, 2.75) is 32.2 Å². The number of nitro benzene ring substituents is 1. The van der Waals surface area contributed by atoms with Gasteiger partial charge in [-0.2, -0.15) is 0 Å². The van der Waals surface area contributed by atoms with Crippen LogP contribution in [0.4, 0.5) is 11.4 Å². The monoisotopic (exact) mass is 293 g/mol. The van der Waals surface area contributed by atoms with E-state index in [4.69, 9.17) is 4.74 Å². The van der Waals surface area contributed by atoms with Gasteiger partial charge in [0.05, 0.1) is 18.1 Å². The van der Waals surface area contributed by atoms with Gasteiger partial charge in [-0.25, -0.2) is 0 Å². The summed E-state index contributed by atoms with van der Waals surface area (Å²) in [7, 11) is 1.54. The van der Waals surface area contributed by atoms with Crippen LogP contribution in [0.25, 0.3) is 0 Å². The molecule has 0 radical (unpaired) electrons. The Bertz CT molecular complexity index is 487. The number of methoxy groups -OCH3 is 1. The van der Waals surface area contributed by atoms with Crippen LogP contribution in [-0.2, 0) is 0 Å². The van der Waals surface area contributed by atoms with E-state index in [1.54, 1.807) is 6.07 Å². The van der Waals surface area contributed by atoms with Crippen LogP contribution in [0.5, 0.6) is 5.75 Å². The number of anilines is 1. The van der Waals surface area contributed by atoms with Crippen molar-refractivity contribution in [1.29, 1.82) is 0 Å². The first kappa shape index (κ1) is 15.6. The van der Waals surface area contributed by atoms with Crippen LogP contribution in [0.3, 0.4) is 0 Å². The van der Waals surface area contributed by atoms with Crippen LogP contribution in [-0.4, -0.2) is 37.7 Å². The third-order valence-corrected chi connectivity index (χ3v) is 3.83. The van der Waals surface area contributed by atoms with Gasteiger partial charge in [-0.1, -0.05) is 6.92 Å². The van der Waals surface area contributed by atoms with Crippen LogP contribution >= 0.6 is 0 Å². The van der Waals surface area contributed by atoms with Gasteiger partial charge in [-0.05, 0) is 25.8 Å². The standard InChI is InChI=1S/C15H23N3O3/c1-3-7-17(12-5-4-6-16-11-12)13-8-14(18(19)20)10-15(9-13)21-2/h8-10,12,16H,3-7,11H2,1-2H3. The third-order valence-electron chi connectivity index (χ3n) is 3.83. The molecule has 1 saturated heterocycles. The molecule has 2 rings (SSSR count). The molecule has 1 N–H and O–H groups in total. The predicted molar refractivity (Wildman–Crippen MR) is 83.2 cm³/mol. The average molecular weight is 293 g/mol. The number of rotatable bonds is 6. The Morgan fingerprint density at radius 1 is 1.48 bits per heavy atom. The van der Waals surface area contributed by atoms with Gasteiger partial charge in [-0.3, -0.25) is 10.1 Å². The molecule has 1 fully saturated rings. The van der Waals surface area contributed by atoms with Crippen LogP contribution in [0, 0.1) is 10.1 Å². The minimum atomic E-state index is -0.366. The molecule has 1 atom stereocenters. The number of benzene rings is 1. The zero-order valence-electron chi connectivity index (χ0n) is 12.7. The van der Waals surface area contributed by atoms with E-state index in [1.807, 2.05) is 6.07 Å². The number of nitro groups is 1. The van der Waals surface area contributed by atoms with Crippen molar-refractivity contribution in [2.24, 2.45) is 0 Å². The van der Waals surface area contributed by atoms with Crippen molar-refractivity contribution in [3.05, 3.63) is 28.3 Å². The zero-order valence-corrected chi connectivity index (χ0v) is 12.7. The lowest BCUT2D eigenvalue weighted by atomic mass is 10.0. The maximum Gasteiger partial charge on any atom is 0.275 e. The van der Waals surface area contributed by atoms with Crippen molar-refractivity contribution in [3.63, 3.8) is 0 Å². The van der Waals surface area contributed by atoms with E-state index in [0.717, 1.165) is 44.6 Å². The van der Waals surface area contributed by atoms with Crippen molar-refractivity contribution in [1.82, 2.24) is 5.32 Å². The molecule has 0 aliphatic carbocycles. The van der Waals surface area contributed by atoms with E-state index in [1.165, 1.54) is 13.2 Å². The molecule has 0 bridgehead atoms. The SMILES string of the molecule is CCCN(c1cc(OC)cc([N+](=O)[O-])c1)C1CCCNC1. The lowest BCUT2D eigenvalue weighted by Gasteiger charge is -2.36. The van der Waals surface area contributed by atoms with E-state index in [9.17, 15) is 10.1 Å². The molecule has 0 amide bonds. The van der Waals surface area contributed by atoms with E-state index in [0.29, 0.717) is 11.8 Å². The quantitative estimate of drug-likeness (QED) is 0.645. The number of piperidine rings is 1. The Kier molecular flexibility index (Phi) is 5.38. The number of hydrogen-bond acceptors (Lipinski definition) is 5. The molecule has 6 heteroatoms. The molecule has 1 heterocycles. The molecular formula is C15H23N3O3. The van der Waals surface area contributed by atoms with Gasteiger partial charge in [0.1, 0.15) is 5.75 Å². The summed E-state index contributed by atoms with van der Waals surface area (Å²) in [5.41, 5.74) is 0.950. The summed E-state index contributed by atoms with van der Waals surface area (Å²) in [4.78, 5) is 13.0. The number of ether oxygens (including phenoxy) is 1. The van der Waals surface area contributed by atoms with Crippen LogP contribution in [0.15, 0.2) is 18.2 Å². The fourth-order valence-electron chi connectivity index (χ4n) is 2.82. The second-order valence-electron chi connectivity index (χ2n) is 5.34. The van der Waals surface area contributed by atoms with E-state index >= 15 is 0 Å². The molecule has 0 saturated carbocycles. The summed E-state index contributed by atoms with van der Waals surface area (Å²) in [6.07, 6.45) is 3.25. The highest BCUT2D eigenvalue weighted by Crippen LogP contribution is 2.30. The first-order chi connectivity index (χ1) is 10.2. The molecule has 1 aromatic rings. The number of nitrogens with one attached hydrogen (secondary N) is 1. The second-order valence-corrected chi connectivity index (χ2v) is 5.34. The summed E-state index contributed by atoms with van der Waals surface area (Å²) in [5, 5.41) is 14.5. The Morgan fingerprint density at radius 2 is 2.29 bits per heavy atom. The van der Waals surface area contributed by atoms with E-state index in [2.05, 4.69) is 17.1 Å². The van der Waals surface area contributed by atoms with Crippen LogP contribution in [0.2, 0.25) is 0 Å². The van der Waals surface area contributed by atoms with Crippen molar-refractivity contribution in [2.75, 3.05) is 31.6 Å². The Hall–Kier alpha value is -1.82. The van der Waals surface area contributed by atoms with E-state index in [-0.39, 0.29) is 10.6 Å². The number of hydrogen-bond donors (Lipinski definition) is 1. The Labute approximate surface area is 125 Å². The van der Waals surface area contributed by atoms with Gasteiger partial charge in [-0.15, -0.1) is 0 Å². The Balaban J connectivity index is 2.33. The van der Waals surface area contributed by atoms with Crippen molar-refractivity contribution in [3.8, 4) is 5.75 Å². The van der Waals surface area contributed by atoms with Gasteiger partial charge in [0.15, 0.2) is 0 Å². The van der Waals surface area contributed by atoms with E-state index < -0.39 is 0 Å². The summed E-state index contributed by atoms with van der Waals surface area (Å²) >= 11 is 0. The lowest BCUT2D eigenvalue weighted by molar-refractivity contribution is -0.384. The fraction of sp³-hybridized carbons (Fsp3) is 0.600. The molecule has 6 nitrogen and oxygen atoms in total.